The van der Waals surface area contributed by atoms with E-state index in [4.69, 9.17) is 0 Å². The largest absolute Gasteiger partial charge is 0.348 e. The number of carbonyl (C=O) groups is 1. The lowest BCUT2D eigenvalue weighted by atomic mass is 10.1. The van der Waals surface area contributed by atoms with Gasteiger partial charge in [-0.15, -0.1) is 11.3 Å². The fourth-order valence-corrected chi connectivity index (χ4v) is 2.68. The maximum absolute atomic E-state index is 12.2. The average molecular weight is 294 g/mol. The van der Waals surface area contributed by atoms with E-state index < -0.39 is 0 Å². The van der Waals surface area contributed by atoms with E-state index in [-0.39, 0.29) is 5.91 Å². The van der Waals surface area contributed by atoms with Crippen molar-refractivity contribution in [1.29, 1.82) is 0 Å². The van der Waals surface area contributed by atoms with Crippen molar-refractivity contribution in [2.24, 2.45) is 0 Å². The molecule has 1 N–H and O–H groups in total. The van der Waals surface area contributed by atoms with Crippen LogP contribution in [0.2, 0.25) is 0 Å². The first-order valence-corrected chi connectivity index (χ1v) is 7.53. The highest BCUT2D eigenvalue weighted by Gasteiger charge is 2.08. The molecule has 1 aromatic heterocycles. The van der Waals surface area contributed by atoms with Gasteiger partial charge in [0.05, 0.1) is 0 Å². The molecular weight excluding hydrogens is 280 g/mol. The van der Waals surface area contributed by atoms with E-state index in [1.165, 1.54) is 0 Å². The molecule has 1 heterocycles. The Morgan fingerprint density at radius 1 is 1.10 bits per heavy atom. The SMILES string of the molecule is O=C(NCc1ccccc1)c1cccc(-c2nccs2)c1. The van der Waals surface area contributed by atoms with Crippen LogP contribution in [0.25, 0.3) is 10.6 Å². The van der Waals surface area contributed by atoms with Crippen LogP contribution in [0.5, 0.6) is 0 Å². The molecule has 0 aliphatic carbocycles. The summed E-state index contributed by atoms with van der Waals surface area (Å²) in [7, 11) is 0. The maximum atomic E-state index is 12.2. The van der Waals surface area contributed by atoms with Gasteiger partial charge in [-0.05, 0) is 17.7 Å². The van der Waals surface area contributed by atoms with E-state index in [0.717, 1.165) is 16.1 Å². The van der Waals surface area contributed by atoms with Crippen LogP contribution in [0.4, 0.5) is 0 Å². The molecule has 0 aliphatic heterocycles. The predicted octanol–water partition coefficient (Wildman–Crippen LogP) is 3.74. The number of thiazole rings is 1. The zero-order valence-electron chi connectivity index (χ0n) is 11.3. The average Bonchev–Trinajstić information content (AvgIpc) is 3.08. The second-order valence-electron chi connectivity index (χ2n) is 4.59. The number of nitrogens with one attached hydrogen (secondary N) is 1. The molecule has 3 rings (SSSR count). The Morgan fingerprint density at radius 2 is 1.95 bits per heavy atom. The molecule has 0 bridgehead atoms. The van der Waals surface area contributed by atoms with Crippen LogP contribution in [-0.4, -0.2) is 10.9 Å². The first kappa shape index (κ1) is 13.5. The zero-order valence-corrected chi connectivity index (χ0v) is 12.1. The molecule has 0 unspecified atom stereocenters. The lowest BCUT2D eigenvalue weighted by Crippen LogP contribution is -2.22. The fourth-order valence-electron chi connectivity index (χ4n) is 2.04. The first-order chi connectivity index (χ1) is 10.3. The van der Waals surface area contributed by atoms with E-state index in [9.17, 15) is 4.79 Å². The molecule has 0 radical (unpaired) electrons. The minimum atomic E-state index is -0.0720. The van der Waals surface area contributed by atoms with E-state index in [2.05, 4.69) is 10.3 Å². The van der Waals surface area contributed by atoms with Gasteiger partial charge in [-0.2, -0.15) is 0 Å². The van der Waals surface area contributed by atoms with Crippen LogP contribution in [0.3, 0.4) is 0 Å². The van der Waals surface area contributed by atoms with Crippen molar-refractivity contribution in [2.45, 2.75) is 6.54 Å². The number of rotatable bonds is 4. The van der Waals surface area contributed by atoms with Crippen molar-refractivity contribution in [3.8, 4) is 10.6 Å². The molecular formula is C17H14N2OS. The highest BCUT2D eigenvalue weighted by Crippen LogP contribution is 2.22. The molecule has 21 heavy (non-hydrogen) atoms. The summed E-state index contributed by atoms with van der Waals surface area (Å²) in [6, 6.07) is 17.4. The molecule has 4 heteroatoms. The van der Waals surface area contributed by atoms with Gasteiger partial charge in [-0.1, -0.05) is 42.5 Å². The summed E-state index contributed by atoms with van der Waals surface area (Å²) in [5.74, 6) is -0.0720. The van der Waals surface area contributed by atoms with E-state index >= 15 is 0 Å². The first-order valence-electron chi connectivity index (χ1n) is 6.65. The predicted molar refractivity (Wildman–Crippen MR) is 85.2 cm³/mol. The summed E-state index contributed by atoms with van der Waals surface area (Å²) in [5.41, 5.74) is 2.71. The molecule has 3 aromatic rings. The summed E-state index contributed by atoms with van der Waals surface area (Å²) in [4.78, 5) is 16.5. The van der Waals surface area contributed by atoms with Crippen molar-refractivity contribution in [2.75, 3.05) is 0 Å². The maximum Gasteiger partial charge on any atom is 0.251 e. The van der Waals surface area contributed by atoms with Gasteiger partial charge in [0.25, 0.3) is 5.91 Å². The summed E-state index contributed by atoms with van der Waals surface area (Å²) in [6.07, 6.45) is 1.77. The Kier molecular flexibility index (Phi) is 4.07. The van der Waals surface area contributed by atoms with Gasteiger partial charge >= 0.3 is 0 Å². The number of nitrogens with zero attached hydrogens (tertiary/aromatic N) is 1. The van der Waals surface area contributed by atoms with Gasteiger partial charge in [-0.25, -0.2) is 4.98 Å². The van der Waals surface area contributed by atoms with E-state index in [1.54, 1.807) is 17.5 Å². The Balaban J connectivity index is 1.72. The second kappa shape index (κ2) is 6.33. The highest BCUT2D eigenvalue weighted by molar-refractivity contribution is 7.13. The third-order valence-electron chi connectivity index (χ3n) is 3.10. The lowest BCUT2D eigenvalue weighted by Gasteiger charge is -2.06. The van der Waals surface area contributed by atoms with Crippen LogP contribution in [0, 0.1) is 0 Å². The summed E-state index contributed by atoms with van der Waals surface area (Å²) < 4.78 is 0. The molecule has 0 fully saturated rings. The molecule has 0 saturated carbocycles. The van der Waals surface area contributed by atoms with Crippen molar-refractivity contribution in [1.82, 2.24) is 10.3 Å². The van der Waals surface area contributed by atoms with Crippen molar-refractivity contribution in [3.63, 3.8) is 0 Å². The number of aromatic nitrogens is 1. The van der Waals surface area contributed by atoms with Crippen LogP contribution < -0.4 is 5.32 Å². The Hall–Kier alpha value is -2.46. The second-order valence-corrected chi connectivity index (χ2v) is 5.48. The van der Waals surface area contributed by atoms with Gasteiger partial charge in [-0.3, -0.25) is 4.79 Å². The van der Waals surface area contributed by atoms with Crippen LogP contribution in [0.15, 0.2) is 66.2 Å². The van der Waals surface area contributed by atoms with Gasteiger partial charge < -0.3 is 5.32 Å². The zero-order chi connectivity index (χ0) is 14.5. The normalized spacial score (nSPS) is 10.3. The number of benzene rings is 2. The van der Waals surface area contributed by atoms with Gasteiger partial charge in [0, 0.05) is 29.2 Å². The molecule has 1 amide bonds. The Labute approximate surface area is 127 Å². The van der Waals surface area contributed by atoms with Crippen molar-refractivity contribution < 1.29 is 4.79 Å². The van der Waals surface area contributed by atoms with Crippen LogP contribution in [-0.2, 0) is 6.54 Å². The topological polar surface area (TPSA) is 42.0 Å². The number of amides is 1. The van der Waals surface area contributed by atoms with Crippen molar-refractivity contribution >= 4 is 17.2 Å². The van der Waals surface area contributed by atoms with Gasteiger partial charge in [0.15, 0.2) is 0 Å². The van der Waals surface area contributed by atoms with Gasteiger partial charge in [0.1, 0.15) is 5.01 Å². The number of hydrogen-bond donors (Lipinski definition) is 1. The molecule has 0 atom stereocenters. The quantitative estimate of drug-likeness (QED) is 0.796. The summed E-state index contributed by atoms with van der Waals surface area (Å²) >= 11 is 1.56. The van der Waals surface area contributed by atoms with Gasteiger partial charge in [0.2, 0.25) is 0 Å². The number of hydrogen-bond acceptors (Lipinski definition) is 3. The highest BCUT2D eigenvalue weighted by atomic mass is 32.1. The Bertz CT molecular complexity index is 724. The minimum Gasteiger partial charge on any atom is -0.348 e. The van der Waals surface area contributed by atoms with Crippen LogP contribution >= 0.6 is 11.3 Å². The monoisotopic (exact) mass is 294 g/mol. The fraction of sp³-hybridized carbons (Fsp3) is 0.0588. The molecule has 2 aromatic carbocycles. The molecule has 3 nitrogen and oxygen atoms in total. The lowest BCUT2D eigenvalue weighted by molar-refractivity contribution is 0.0951. The third-order valence-corrected chi connectivity index (χ3v) is 3.92. The summed E-state index contributed by atoms with van der Waals surface area (Å²) in [5, 5.41) is 5.78. The van der Waals surface area contributed by atoms with E-state index in [1.807, 2.05) is 60.0 Å². The van der Waals surface area contributed by atoms with Crippen molar-refractivity contribution in [3.05, 3.63) is 77.3 Å². The minimum absolute atomic E-state index is 0.0720. The molecule has 0 saturated heterocycles. The molecule has 104 valence electrons. The smallest absolute Gasteiger partial charge is 0.251 e. The van der Waals surface area contributed by atoms with E-state index in [0.29, 0.717) is 12.1 Å². The Morgan fingerprint density at radius 3 is 2.71 bits per heavy atom. The standard InChI is InChI=1S/C17H14N2OS/c20-16(19-12-13-5-2-1-3-6-13)14-7-4-8-15(11-14)17-18-9-10-21-17/h1-11H,12H2,(H,19,20). The van der Waals surface area contributed by atoms with Crippen LogP contribution in [0.1, 0.15) is 15.9 Å². The third kappa shape index (κ3) is 3.35. The molecule has 0 aliphatic rings. The number of carbonyl (C=O) groups excluding carboxylic acids is 1. The molecule has 0 spiro atoms. The summed E-state index contributed by atoms with van der Waals surface area (Å²) in [6.45, 7) is 0.529.